The largest absolute Gasteiger partial charge is 0.477 e. The standard InChI is InChI=1S/C20H28N2O/c1-3-5-7-9-17-10-12-18(13-11-17)19-14-15-20(22-21-19)23-16-8-6-4-2/h10-15H,3-9,16H2,1-2H3. The molecule has 3 heteroatoms. The van der Waals surface area contributed by atoms with Gasteiger partial charge >= 0.3 is 0 Å². The number of ether oxygens (including phenoxy) is 1. The summed E-state index contributed by atoms with van der Waals surface area (Å²) in [5, 5.41) is 8.44. The summed E-state index contributed by atoms with van der Waals surface area (Å²) in [7, 11) is 0. The van der Waals surface area contributed by atoms with E-state index >= 15 is 0 Å². The van der Waals surface area contributed by atoms with Crippen LogP contribution in [0.1, 0.15) is 57.9 Å². The molecule has 2 aromatic rings. The van der Waals surface area contributed by atoms with Gasteiger partial charge in [-0.3, -0.25) is 0 Å². The zero-order valence-corrected chi connectivity index (χ0v) is 14.4. The monoisotopic (exact) mass is 312 g/mol. The molecular weight excluding hydrogens is 284 g/mol. The Morgan fingerprint density at radius 3 is 2.17 bits per heavy atom. The quantitative estimate of drug-likeness (QED) is 0.547. The molecule has 0 radical (unpaired) electrons. The molecule has 1 aromatic carbocycles. The minimum atomic E-state index is 0.612. The van der Waals surface area contributed by atoms with E-state index in [0.29, 0.717) is 12.5 Å². The Morgan fingerprint density at radius 1 is 0.783 bits per heavy atom. The molecule has 0 aliphatic carbocycles. The second-order valence-corrected chi connectivity index (χ2v) is 5.97. The highest BCUT2D eigenvalue weighted by molar-refractivity contribution is 5.58. The van der Waals surface area contributed by atoms with Gasteiger partial charge in [-0.25, -0.2) is 0 Å². The van der Waals surface area contributed by atoms with E-state index in [2.05, 4.69) is 48.3 Å². The average Bonchev–Trinajstić information content (AvgIpc) is 2.60. The van der Waals surface area contributed by atoms with Crippen molar-refractivity contribution in [3.63, 3.8) is 0 Å². The summed E-state index contributed by atoms with van der Waals surface area (Å²) in [5.74, 6) is 0.612. The lowest BCUT2D eigenvalue weighted by atomic mass is 10.0. The highest BCUT2D eigenvalue weighted by Crippen LogP contribution is 2.19. The fourth-order valence-electron chi connectivity index (χ4n) is 2.50. The first-order valence-electron chi connectivity index (χ1n) is 8.89. The summed E-state index contributed by atoms with van der Waals surface area (Å²) < 4.78 is 5.60. The van der Waals surface area contributed by atoms with Crippen LogP contribution < -0.4 is 4.74 Å². The van der Waals surface area contributed by atoms with Crippen LogP contribution in [-0.4, -0.2) is 16.8 Å². The highest BCUT2D eigenvalue weighted by Gasteiger charge is 2.02. The van der Waals surface area contributed by atoms with Gasteiger partial charge in [0.25, 0.3) is 0 Å². The van der Waals surface area contributed by atoms with E-state index in [-0.39, 0.29) is 0 Å². The molecule has 0 aliphatic heterocycles. The van der Waals surface area contributed by atoms with Gasteiger partial charge in [0.2, 0.25) is 5.88 Å². The Hall–Kier alpha value is -1.90. The summed E-state index contributed by atoms with van der Waals surface area (Å²) in [5.41, 5.74) is 3.39. The van der Waals surface area contributed by atoms with Gasteiger partial charge in [0, 0.05) is 11.6 Å². The van der Waals surface area contributed by atoms with Gasteiger partial charge in [-0.2, -0.15) is 0 Å². The lowest BCUT2D eigenvalue weighted by molar-refractivity contribution is 0.291. The van der Waals surface area contributed by atoms with Crippen molar-refractivity contribution in [3.8, 4) is 17.1 Å². The summed E-state index contributed by atoms with van der Waals surface area (Å²) in [6.45, 7) is 5.14. The molecule has 0 fully saturated rings. The molecule has 3 nitrogen and oxygen atoms in total. The molecule has 0 bridgehead atoms. The van der Waals surface area contributed by atoms with Gasteiger partial charge in [0.15, 0.2) is 0 Å². The molecule has 1 aromatic heterocycles. The molecule has 1 heterocycles. The van der Waals surface area contributed by atoms with Crippen LogP contribution in [-0.2, 0) is 6.42 Å². The molecule has 0 aliphatic rings. The van der Waals surface area contributed by atoms with Crippen LogP contribution >= 0.6 is 0 Å². The SMILES string of the molecule is CCCCCOc1ccc(-c2ccc(CCCCC)cc2)nn1. The van der Waals surface area contributed by atoms with Crippen molar-refractivity contribution in [1.82, 2.24) is 10.2 Å². The Labute approximate surface area is 140 Å². The number of benzene rings is 1. The molecule has 0 atom stereocenters. The Balaban J connectivity index is 1.88. The summed E-state index contributed by atoms with van der Waals surface area (Å²) in [4.78, 5) is 0. The van der Waals surface area contributed by atoms with Gasteiger partial charge in [0.1, 0.15) is 0 Å². The maximum atomic E-state index is 5.60. The highest BCUT2D eigenvalue weighted by atomic mass is 16.5. The molecule has 0 N–H and O–H groups in total. The minimum Gasteiger partial charge on any atom is -0.477 e. The lowest BCUT2D eigenvalue weighted by Gasteiger charge is -2.06. The van der Waals surface area contributed by atoms with Crippen LogP contribution in [0.15, 0.2) is 36.4 Å². The lowest BCUT2D eigenvalue weighted by Crippen LogP contribution is -2.00. The van der Waals surface area contributed by atoms with Crippen LogP contribution in [0.25, 0.3) is 11.3 Å². The predicted octanol–water partition coefficient (Wildman–Crippen LogP) is 5.45. The Morgan fingerprint density at radius 2 is 1.52 bits per heavy atom. The van der Waals surface area contributed by atoms with Crippen molar-refractivity contribution < 1.29 is 4.74 Å². The zero-order valence-electron chi connectivity index (χ0n) is 14.4. The van der Waals surface area contributed by atoms with Gasteiger partial charge in [-0.15, -0.1) is 10.2 Å². The van der Waals surface area contributed by atoms with Crippen LogP contribution in [0.2, 0.25) is 0 Å². The fourth-order valence-corrected chi connectivity index (χ4v) is 2.50. The summed E-state index contributed by atoms with van der Waals surface area (Å²) in [6.07, 6.45) is 8.44. The number of nitrogens with zero attached hydrogens (tertiary/aromatic N) is 2. The van der Waals surface area contributed by atoms with E-state index in [1.54, 1.807) is 0 Å². The first kappa shape index (κ1) is 17.5. The number of aromatic nitrogens is 2. The van der Waals surface area contributed by atoms with E-state index in [0.717, 1.165) is 24.1 Å². The first-order chi connectivity index (χ1) is 11.3. The Bertz CT molecular complexity index is 549. The van der Waals surface area contributed by atoms with Gasteiger partial charge in [0.05, 0.1) is 12.3 Å². The third kappa shape index (κ3) is 6.01. The van der Waals surface area contributed by atoms with E-state index in [4.69, 9.17) is 4.74 Å². The topological polar surface area (TPSA) is 35.0 Å². The zero-order chi connectivity index (χ0) is 16.3. The van der Waals surface area contributed by atoms with Gasteiger partial charge in [-0.1, -0.05) is 63.8 Å². The van der Waals surface area contributed by atoms with Gasteiger partial charge in [-0.05, 0) is 30.9 Å². The van der Waals surface area contributed by atoms with Crippen molar-refractivity contribution in [1.29, 1.82) is 0 Å². The summed E-state index contributed by atoms with van der Waals surface area (Å²) >= 11 is 0. The normalized spacial score (nSPS) is 10.7. The third-order valence-corrected chi connectivity index (χ3v) is 3.96. The van der Waals surface area contributed by atoms with Crippen LogP contribution in [0.3, 0.4) is 0 Å². The molecule has 0 spiro atoms. The maximum absolute atomic E-state index is 5.60. The molecule has 2 rings (SSSR count). The third-order valence-electron chi connectivity index (χ3n) is 3.96. The van der Waals surface area contributed by atoms with E-state index in [9.17, 15) is 0 Å². The van der Waals surface area contributed by atoms with Crippen molar-refractivity contribution in [2.45, 2.75) is 58.8 Å². The predicted molar refractivity (Wildman–Crippen MR) is 95.7 cm³/mol. The number of unbranched alkanes of at least 4 members (excludes halogenated alkanes) is 4. The molecule has 0 saturated heterocycles. The molecule has 124 valence electrons. The Kier molecular flexibility index (Phi) is 7.58. The van der Waals surface area contributed by atoms with E-state index in [1.807, 2.05) is 12.1 Å². The van der Waals surface area contributed by atoms with Crippen molar-refractivity contribution >= 4 is 0 Å². The van der Waals surface area contributed by atoms with Crippen LogP contribution in [0, 0.1) is 0 Å². The summed E-state index contributed by atoms with van der Waals surface area (Å²) in [6, 6.07) is 12.5. The second-order valence-electron chi connectivity index (χ2n) is 5.97. The number of rotatable bonds is 10. The van der Waals surface area contributed by atoms with E-state index < -0.39 is 0 Å². The number of hydrogen-bond acceptors (Lipinski definition) is 3. The van der Waals surface area contributed by atoms with E-state index in [1.165, 1.54) is 37.7 Å². The van der Waals surface area contributed by atoms with Crippen LogP contribution in [0.5, 0.6) is 5.88 Å². The smallest absolute Gasteiger partial charge is 0.233 e. The fraction of sp³-hybridized carbons (Fsp3) is 0.500. The minimum absolute atomic E-state index is 0.612. The van der Waals surface area contributed by atoms with Crippen LogP contribution in [0.4, 0.5) is 0 Å². The van der Waals surface area contributed by atoms with Crippen molar-refractivity contribution in [2.24, 2.45) is 0 Å². The maximum Gasteiger partial charge on any atom is 0.233 e. The molecule has 0 unspecified atom stereocenters. The molecule has 23 heavy (non-hydrogen) atoms. The van der Waals surface area contributed by atoms with Crippen molar-refractivity contribution in [3.05, 3.63) is 42.0 Å². The average molecular weight is 312 g/mol. The number of hydrogen-bond donors (Lipinski definition) is 0. The number of aryl methyl sites for hydroxylation is 1. The first-order valence-corrected chi connectivity index (χ1v) is 8.89. The van der Waals surface area contributed by atoms with Crippen molar-refractivity contribution in [2.75, 3.05) is 6.61 Å². The molecule has 0 saturated carbocycles. The van der Waals surface area contributed by atoms with Gasteiger partial charge < -0.3 is 4.74 Å². The molecule has 0 amide bonds. The molecular formula is C20H28N2O. The second kappa shape index (κ2) is 9.98.